The zero-order chi connectivity index (χ0) is 11.0. The van der Waals surface area contributed by atoms with Crippen molar-refractivity contribution in [2.75, 3.05) is 19.8 Å². The van der Waals surface area contributed by atoms with Crippen LogP contribution >= 0.6 is 0 Å². The Kier molecular flexibility index (Phi) is 6.70. The van der Waals surface area contributed by atoms with Crippen molar-refractivity contribution >= 4 is 5.97 Å². The van der Waals surface area contributed by atoms with E-state index in [4.69, 9.17) is 14.6 Å². The summed E-state index contributed by atoms with van der Waals surface area (Å²) < 4.78 is 9.89. The second-order valence-corrected chi connectivity index (χ2v) is 2.81. The number of carbonyl (C=O) groups is 1. The monoisotopic (exact) mass is 200 g/mol. The SMILES string of the molecule is C=CCOC(CO)COC(=O)C(=C)C. The molecule has 0 aliphatic heterocycles. The minimum Gasteiger partial charge on any atom is -0.459 e. The van der Waals surface area contributed by atoms with E-state index in [-0.39, 0.29) is 13.2 Å². The van der Waals surface area contributed by atoms with Crippen LogP contribution in [0.2, 0.25) is 0 Å². The van der Waals surface area contributed by atoms with E-state index in [1.807, 2.05) is 0 Å². The van der Waals surface area contributed by atoms with E-state index >= 15 is 0 Å². The normalized spacial score (nSPS) is 11.9. The Balaban J connectivity index is 3.77. The van der Waals surface area contributed by atoms with Crippen molar-refractivity contribution in [2.45, 2.75) is 13.0 Å². The summed E-state index contributed by atoms with van der Waals surface area (Å²) in [5, 5.41) is 8.83. The molecule has 0 aliphatic carbocycles. The van der Waals surface area contributed by atoms with Crippen molar-refractivity contribution in [3.05, 3.63) is 24.8 Å². The van der Waals surface area contributed by atoms with Crippen molar-refractivity contribution in [1.29, 1.82) is 0 Å². The van der Waals surface area contributed by atoms with Gasteiger partial charge in [0.1, 0.15) is 12.7 Å². The van der Waals surface area contributed by atoms with Crippen LogP contribution in [0, 0.1) is 0 Å². The fourth-order valence-corrected chi connectivity index (χ4v) is 0.649. The largest absolute Gasteiger partial charge is 0.459 e. The van der Waals surface area contributed by atoms with E-state index in [1.54, 1.807) is 13.0 Å². The molecule has 0 heterocycles. The lowest BCUT2D eigenvalue weighted by molar-refractivity contribution is -0.143. The summed E-state index contributed by atoms with van der Waals surface area (Å²) in [6.45, 7) is 8.59. The number of aliphatic hydroxyl groups is 1. The van der Waals surface area contributed by atoms with Gasteiger partial charge in [0.05, 0.1) is 13.2 Å². The van der Waals surface area contributed by atoms with Crippen molar-refractivity contribution in [1.82, 2.24) is 0 Å². The van der Waals surface area contributed by atoms with Crippen LogP contribution in [-0.4, -0.2) is 37.0 Å². The minimum atomic E-state index is -0.503. The van der Waals surface area contributed by atoms with Crippen LogP contribution in [-0.2, 0) is 14.3 Å². The first-order chi connectivity index (χ1) is 6.61. The molecule has 1 N–H and O–H groups in total. The average molecular weight is 200 g/mol. The fourth-order valence-electron chi connectivity index (χ4n) is 0.649. The minimum absolute atomic E-state index is 0.0238. The molecule has 0 aromatic carbocycles. The molecule has 0 radical (unpaired) electrons. The van der Waals surface area contributed by atoms with Gasteiger partial charge in [-0.25, -0.2) is 4.79 Å². The van der Waals surface area contributed by atoms with Crippen LogP contribution in [0.15, 0.2) is 24.8 Å². The van der Waals surface area contributed by atoms with Crippen LogP contribution < -0.4 is 0 Å². The first kappa shape index (κ1) is 12.9. The van der Waals surface area contributed by atoms with Crippen LogP contribution in [0.1, 0.15) is 6.92 Å². The van der Waals surface area contributed by atoms with Gasteiger partial charge < -0.3 is 14.6 Å². The molecule has 1 unspecified atom stereocenters. The molecule has 80 valence electrons. The Morgan fingerprint density at radius 3 is 2.71 bits per heavy atom. The molecule has 0 saturated carbocycles. The predicted octanol–water partition coefficient (Wildman–Crippen LogP) is 0.669. The zero-order valence-electron chi connectivity index (χ0n) is 8.36. The van der Waals surface area contributed by atoms with Crippen LogP contribution in [0.25, 0.3) is 0 Å². The summed E-state index contributed by atoms with van der Waals surface area (Å²) in [7, 11) is 0. The standard InChI is InChI=1S/C10H16O4/c1-4-5-13-9(6-11)7-14-10(12)8(2)3/h4,9,11H,1-2,5-7H2,3H3. The Bertz CT molecular complexity index is 210. The van der Waals surface area contributed by atoms with Crippen LogP contribution in [0.5, 0.6) is 0 Å². The second kappa shape index (κ2) is 7.29. The van der Waals surface area contributed by atoms with Gasteiger partial charge in [0.25, 0.3) is 0 Å². The molecular formula is C10H16O4. The van der Waals surface area contributed by atoms with Crippen molar-refractivity contribution < 1.29 is 19.4 Å². The third-order valence-corrected chi connectivity index (χ3v) is 1.40. The highest BCUT2D eigenvalue weighted by Crippen LogP contribution is 1.97. The maximum atomic E-state index is 11.0. The smallest absolute Gasteiger partial charge is 0.333 e. The van der Waals surface area contributed by atoms with E-state index in [0.717, 1.165) is 0 Å². The van der Waals surface area contributed by atoms with Crippen molar-refractivity contribution in [3.8, 4) is 0 Å². The summed E-state index contributed by atoms with van der Waals surface area (Å²) >= 11 is 0. The number of esters is 1. The third kappa shape index (κ3) is 5.50. The molecule has 0 amide bonds. The molecule has 0 fully saturated rings. The lowest BCUT2D eigenvalue weighted by Gasteiger charge is -2.14. The van der Waals surface area contributed by atoms with Gasteiger partial charge in [-0.3, -0.25) is 0 Å². The van der Waals surface area contributed by atoms with Crippen molar-refractivity contribution in [2.24, 2.45) is 0 Å². The summed E-state index contributed by atoms with van der Waals surface area (Å²) in [5.41, 5.74) is 0.324. The maximum absolute atomic E-state index is 11.0. The average Bonchev–Trinajstić information content (AvgIpc) is 2.17. The fraction of sp³-hybridized carbons (Fsp3) is 0.500. The molecule has 0 spiro atoms. The van der Waals surface area contributed by atoms with Gasteiger partial charge in [-0.1, -0.05) is 12.7 Å². The van der Waals surface area contributed by atoms with E-state index in [1.165, 1.54) is 0 Å². The summed E-state index contributed by atoms with van der Waals surface area (Å²) in [4.78, 5) is 11.0. The predicted molar refractivity (Wildman–Crippen MR) is 52.8 cm³/mol. The molecule has 4 heteroatoms. The van der Waals surface area contributed by atoms with Crippen LogP contribution in [0.4, 0.5) is 0 Å². The third-order valence-electron chi connectivity index (χ3n) is 1.40. The molecule has 0 bridgehead atoms. The Morgan fingerprint density at radius 1 is 1.64 bits per heavy atom. The van der Waals surface area contributed by atoms with Crippen LogP contribution in [0.3, 0.4) is 0 Å². The topological polar surface area (TPSA) is 55.8 Å². The van der Waals surface area contributed by atoms with Gasteiger partial charge in [0, 0.05) is 5.57 Å². The Labute approximate surface area is 83.8 Å². The first-order valence-electron chi connectivity index (χ1n) is 4.27. The molecular weight excluding hydrogens is 184 g/mol. The Morgan fingerprint density at radius 2 is 2.29 bits per heavy atom. The lowest BCUT2D eigenvalue weighted by Crippen LogP contribution is -2.26. The molecule has 0 rings (SSSR count). The highest BCUT2D eigenvalue weighted by molar-refractivity contribution is 5.86. The van der Waals surface area contributed by atoms with Gasteiger partial charge in [-0.15, -0.1) is 6.58 Å². The number of hydrogen-bond donors (Lipinski definition) is 1. The first-order valence-corrected chi connectivity index (χ1v) is 4.27. The zero-order valence-corrected chi connectivity index (χ0v) is 8.36. The number of aliphatic hydroxyl groups excluding tert-OH is 1. The molecule has 0 aliphatic rings. The van der Waals surface area contributed by atoms with Gasteiger partial charge in [0.2, 0.25) is 0 Å². The molecule has 14 heavy (non-hydrogen) atoms. The van der Waals surface area contributed by atoms with Gasteiger partial charge in [-0.05, 0) is 6.92 Å². The molecule has 0 aromatic rings. The second-order valence-electron chi connectivity index (χ2n) is 2.81. The lowest BCUT2D eigenvalue weighted by atomic mass is 10.3. The number of rotatable bonds is 7. The van der Waals surface area contributed by atoms with Crippen molar-refractivity contribution in [3.63, 3.8) is 0 Å². The number of hydrogen-bond acceptors (Lipinski definition) is 4. The van der Waals surface area contributed by atoms with E-state index in [0.29, 0.717) is 12.2 Å². The van der Waals surface area contributed by atoms with E-state index in [2.05, 4.69) is 13.2 Å². The van der Waals surface area contributed by atoms with E-state index < -0.39 is 12.1 Å². The highest BCUT2D eigenvalue weighted by Gasteiger charge is 2.10. The van der Waals surface area contributed by atoms with Gasteiger partial charge >= 0.3 is 5.97 Å². The maximum Gasteiger partial charge on any atom is 0.333 e. The summed E-state index contributed by atoms with van der Waals surface area (Å²) in [6, 6.07) is 0. The number of ether oxygens (including phenoxy) is 2. The van der Waals surface area contributed by atoms with Gasteiger partial charge in [0.15, 0.2) is 0 Å². The van der Waals surface area contributed by atoms with Gasteiger partial charge in [-0.2, -0.15) is 0 Å². The molecule has 4 nitrogen and oxygen atoms in total. The highest BCUT2D eigenvalue weighted by atomic mass is 16.6. The summed E-state index contributed by atoms with van der Waals surface area (Å²) in [5.74, 6) is -0.481. The Hall–Kier alpha value is -1.13. The quantitative estimate of drug-likeness (QED) is 0.373. The summed E-state index contributed by atoms with van der Waals surface area (Å²) in [6.07, 6.45) is 1.06. The van der Waals surface area contributed by atoms with E-state index in [9.17, 15) is 4.79 Å². The molecule has 1 atom stereocenters. The number of carbonyl (C=O) groups excluding carboxylic acids is 1. The molecule has 0 aromatic heterocycles. The molecule has 0 saturated heterocycles.